The summed E-state index contributed by atoms with van der Waals surface area (Å²) in [5, 5.41) is 0.529. The van der Waals surface area contributed by atoms with Crippen LogP contribution in [0.4, 0.5) is 5.82 Å². The number of hydrogen-bond acceptors (Lipinski definition) is 4. The van der Waals surface area contributed by atoms with Crippen LogP contribution in [-0.2, 0) is 0 Å². The number of aromatic nitrogens is 2. The van der Waals surface area contributed by atoms with Crippen molar-refractivity contribution in [3.8, 4) is 0 Å². The summed E-state index contributed by atoms with van der Waals surface area (Å²) in [7, 11) is 0. The summed E-state index contributed by atoms with van der Waals surface area (Å²) >= 11 is 8.16. The Balaban J connectivity index is 2.35. The molecular weight excluding hydrogens is 242 g/mol. The fourth-order valence-corrected chi connectivity index (χ4v) is 3.08. The van der Waals surface area contributed by atoms with Gasteiger partial charge in [0.1, 0.15) is 0 Å². The van der Waals surface area contributed by atoms with E-state index in [9.17, 15) is 0 Å². The van der Waals surface area contributed by atoms with E-state index in [1.807, 2.05) is 25.6 Å². The average molecular weight is 258 g/mol. The average Bonchev–Trinajstić information content (AvgIpc) is 2.25. The Morgan fingerprint density at radius 3 is 2.69 bits per heavy atom. The Morgan fingerprint density at radius 1 is 1.31 bits per heavy atom. The van der Waals surface area contributed by atoms with Crippen molar-refractivity contribution in [2.24, 2.45) is 0 Å². The van der Waals surface area contributed by atoms with Gasteiger partial charge >= 0.3 is 0 Å². The molecule has 1 aromatic rings. The van der Waals surface area contributed by atoms with Gasteiger partial charge in [0.15, 0.2) is 11.0 Å². The van der Waals surface area contributed by atoms with Crippen LogP contribution in [0.25, 0.3) is 0 Å². The minimum atomic E-state index is 0.479. The van der Waals surface area contributed by atoms with Crippen molar-refractivity contribution in [1.29, 1.82) is 0 Å². The van der Waals surface area contributed by atoms with Crippen LogP contribution >= 0.6 is 23.4 Å². The van der Waals surface area contributed by atoms with Gasteiger partial charge in [-0.15, -0.1) is 0 Å². The summed E-state index contributed by atoms with van der Waals surface area (Å²) in [6.45, 7) is 7.13. The maximum Gasteiger partial charge on any atom is 0.171 e. The van der Waals surface area contributed by atoms with E-state index < -0.39 is 0 Å². The highest BCUT2D eigenvalue weighted by atomic mass is 35.5. The van der Waals surface area contributed by atoms with Crippen molar-refractivity contribution in [3.63, 3.8) is 0 Å². The second-order valence-electron chi connectivity index (χ2n) is 4.13. The molecule has 0 radical (unpaired) electrons. The summed E-state index contributed by atoms with van der Waals surface area (Å²) in [5.74, 6) is 3.11. The predicted octanol–water partition coefficient (Wildman–Crippen LogP) is 2.69. The number of aryl methyl sites for hydroxylation is 2. The number of nitrogens with zero attached hydrogens (tertiary/aromatic N) is 3. The van der Waals surface area contributed by atoms with Crippen LogP contribution in [0.1, 0.15) is 18.3 Å². The highest BCUT2D eigenvalue weighted by Gasteiger charge is 2.23. The van der Waals surface area contributed by atoms with Crippen LogP contribution in [0.5, 0.6) is 0 Å². The van der Waals surface area contributed by atoms with E-state index in [-0.39, 0.29) is 0 Å². The van der Waals surface area contributed by atoms with Crippen LogP contribution in [-0.4, -0.2) is 34.1 Å². The van der Waals surface area contributed by atoms with Gasteiger partial charge in [0, 0.05) is 24.1 Å². The van der Waals surface area contributed by atoms with Crippen molar-refractivity contribution >= 4 is 29.2 Å². The zero-order chi connectivity index (χ0) is 11.7. The minimum absolute atomic E-state index is 0.479. The highest BCUT2D eigenvalue weighted by Crippen LogP contribution is 2.28. The second kappa shape index (κ2) is 4.80. The number of rotatable bonds is 1. The number of anilines is 1. The van der Waals surface area contributed by atoms with Gasteiger partial charge < -0.3 is 4.90 Å². The van der Waals surface area contributed by atoms with Crippen LogP contribution < -0.4 is 4.90 Å². The first-order chi connectivity index (χ1) is 7.59. The van der Waals surface area contributed by atoms with Gasteiger partial charge in [-0.25, -0.2) is 9.97 Å². The summed E-state index contributed by atoms with van der Waals surface area (Å²) in [6, 6.07) is 0.479. The van der Waals surface area contributed by atoms with E-state index in [0.29, 0.717) is 11.2 Å². The molecule has 16 heavy (non-hydrogen) atoms. The molecule has 3 nitrogen and oxygen atoms in total. The van der Waals surface area contributed by atoms with E-state index in [1.165, 1.54) is 0 Å². The maximum atomic E-state index is 6.18. The monoisotopic (exact) mass is 257 g/mol. The van der Waals surface area contributed by atoms with Gasteiger partial charge in [0.05, 0.1) is 11.4 Å². The second-order valence-corrected chi connectivity index (χ2v) is 5.63. The summed E-state index contributed by atoms with van der Waals surface area (Å²) in [6.07, 6.45) is 0. The quantitative estimate of drug-likeness (QED) is 0.774. The minimum Gasteiger partial charge on any atom is -0.350 e. The van der Waals surface area contributed by atoms with E-state index >= 15 is 0 Å². The molecule has 0 bridgehead atoms. The molecule has 1 aliphatic rings. The lowest BCUT2D eigenvalue weighted by molar-refractivity contribution is 0.685. The van der Waals surface area contributed by atoms with Gasteiger partial charge in [0.25, 0.3) is 0 Å². The zero-order valence-electron chi connectivity index (χ0n) is 9.83. The Bertz CT molecular complexity index is 397. The van der Waals surface area contributed by atoms with Gasteiger partial charge in [-0.05, 0) is 20.8 Å². The van der Waals surface area contributed by atoms with Crippen molar-refractivity contribution < 1.29 is 0 Å². The van der Waals surface area contributed by atoms with Crippen LogP contribution in [0.2, 0.25) is 5.15 Å². The van der Waals surface area contributed by atoms with Gasteiger partial charge in [0.2, 0.25) is 0 Å². The third kappa shape index (κ3) is 2.28. The van der Waals surface area contributed by atoms with Crippen molar-refractivity contribution in [3.05, 3.63) is 16.5 Å². The first-order valence-corrected chi connectivity index (χ1v) is 6.98. The summed E-state index contributed by atoms with van der Waals surface area (Å²) in [5.41, 5.74) is 1.87. The molecule has 0 amide bonds. The SMILES string of the molecule is Cc1nc(Cl)c(N2CCSCC2C)nc1C. The molecule has 0 aromatic carbocycles. The molecule has 2 heterocycles. The topological polar surface area (TPSA) is 29.0 Å². The number of halogens is 1. The standard InChI is InChI=1S/C11H16ClN3S/c1-7-6-16-5-4-15(7)11-10(12)13-8(2)9(3)14-11/h7H,4-6H2,1-3H3. The molecule has 0 saturated carbocycles. The van der Waals surface area contributed by atoms with E-state index in [4.69, 9.17) is 11.6 Å². The molecule has 1 aromatic heterocycles. The molecule has 1 unspecified atom stereocenters. The van der Waals surface area contributed by atoms with Crippen molar-refractivity contribution in [2.45, 2.75) is 26.8 Å². The fraction of sp³-hybridized carbons (Fsp3) is 0.636. The zero-order valence-corrected chi connectivity index (χ0v) is 11.4. The molecule has 2 rings (SSSR count). The number of thioether (sulfide) groups is 1. The number of hydrogen-bond donors (Lipinski definition) is 0. The lowest BCUT2D eigenvalue weighted by atomic mass is 10.3. The molecule has 1 saturated heterocycles. The fourth-order valence-electron chi connectivity index (χ4n) is 1.79. The van der Waals surface area contributed by atoms with E-state index in [2.05, 4.69) is 21.8 Å². The Morgan fingerprint density at radius 2 is 2.00 bits per heavy atom. The molecule has 88 valence electrons. The first kappa shape index (κ1) is 12.0. The normalized spacial score (nSPS) is 21.2. The largest absolute Gasteiger partial charge is 0.350 e. The highest BCUT2D eigenvalue weighted by molar-refractivity contribution is 7.99. The van der Waals surface area contributed by atoms with Crippen LogP contribution in [0.3, 0.4) is 0 Å². The lowest BCUT2D eigenvalue weighted by Crippen LogP contribution is -2.41. The third-order valence-electron chi connectivity index (χ3n) is 2.89. The lowest BCUT2D eigenvalue weighted by Gasteiger charge is -2.34. The summed E-state index contributed by atoms with van der Waals surface area (Å²) in [4.78, 5) is 11.2. The Kier molecular flexibility index (Phi) is 3.60. The molecule has 5 heteroatoms. The van der Waals surface area contributed by atoms with Crippen molar-refractivity contribution in [2.75, 3.05) is 23.0 Å². The maximum absolute atomic E-state index is 6.18. The Hall–Kier alpha value is -0.480. The smallest absolute Gasteiger partial charge is 0.171 e. The third-order valence-corrected chi connectivity index (χ3v) is 4.33. The molecule has 0 aliphatic carbocycles. The van der Waals surface area contributed by atoms with Gasteiger partial charge in [-0.1, -0.05) is 11.6 Å². The van der Waals surface area contributed by atoms with Crippen molar-refractivity contribution in [1.82, 2.24) is 9.97 Å². The molecule has 0 N–H and O–H groups in total. The molecule has 1 fully saturated rings. The molecular formula is C11H16ClN3S. The molecule has 1 aliphatic heterocycles. The molecule has 1 atom stereocenters. The predicted molar refractivity (Wildman–Crippen MR) is 70.6 cm³/mol. The van der Waals surface area contributed by atoms with Gasteiger partial charge in [-0.3, -0.25) is 0 Å². The van der Waals surface area contributed by atoms with E-state index in [0.717, 1.165) is 35.3 Å². The van der Waals surface area contributed by atoms with Crippen LogP contribution in [0.15, 0.2) is 0 Å². The van der Waals surface area contributed by atoms with E-state index in [1.54, 1.807) is 0 Å². The summed E-state index contributed by atoms with van der Waals surface area (Å²) < 4.78 is 0. The molecule has 0 spiro atoms. The van der Waals surface area contributed by atoms with Crippen LogP contribution in [0, 0.1) is 13.8 Å². The first-order valence-electron chi connectivity index (χ1n) is 5.44. The Labute approximate surface area is 106 Å². The van der Waals surface area contributed by atoms with Gasteiger partial charge in [-0.2, -0.15) is 11.8 Å².